The zero-order valence-corrected chi connectivity index (χ0v) is 18.1. The molecule has 134 valence electrons. The summed E-state index contributed by atoms with van der Waals surface area (Å²) < 4.78 is 0. The van der Waals surface area contributed by atoms with E-state index in [-0.39, 0.29) is 9.90 Å². The van der Waals surface area contributed by atoms with Crippen LogP contribution >= 0.6 is 25.8 Å². The first-order chi connectivity index (χ1) is 12.9. The van der Waals surface area contributed by atoms with Crippen molar-refractivity contribution in [1.82, 2.24) is 0 Å². The number of hydrogen-bond acceptors (Lipinski definition) is 0. The molecular weight excluding hydrogens is 411 g/mol. The molecule has 0 bridgehead atoms. The molecule has 0 aromatic heterocycles. The Hall–Kier alpha value is -2.21. The maximum absolute atomic E-state index is 3.69. The highest BCUT2D eigenvalue weighted by atomic mass is 79.9. The predicted octanol–water partition coefficient (Wildman–Crippen LogP) is 7.64. The van der Waals surface area contributed by atoms with E-state index in [1.807, 2.05) is 0 Å². The summed E-state index contributed by atoms with van der Waals surface area (Å²) >= 11 is 3.69. The standard InChI is InChI=1S/C25H19Br.H3P/c26-18-22-16-17-23(19-10-4-1-5-11-19)25(21-14-8-3-9-15-21)24(22)20-12-6-2-7-13-20;/h1-17H,18H2;1H3. The van der Waals surface area contributed by atoms with Gasteiger partial charge in [0.25, 0.3) is 0 Å². The summed E-state index contributed by atoms with van der Waals surface area (Å²) in [6.45, 7) is 0. The van der Waals surface area contributed by atoms with E-state index in [1.54, 1.807) is 0 Å². The maximum Gasteiger partial charge on any atom is 0.0289 e. The molecule has 0 saturated carbocycles. The molecule has 0 aliphatic rings. The summed E-state index contributed by atoms with van der Waals surface area (Å²) in [4.78, 5) is 0. The van der Waals surface area contributed by atoms with Crippen molar-refractivity contribution in [2.45, 2.75) is 5.33 Å². The normalized spacial score (nSPS) is 10.3. The highest BCUT2D eigenvalue weighted by molar-refractivity contribution is 9.08. The second-order valence-corrected chi connectivity index (χ2v) is 6.81. The lowest BCUT2D eigenvalue weighted by molar-refractivity contribution is 1.42. The number of hydrogen-bond donors (Lipinski definition) is 0. The average molecular weight is 433 g/mol. The molecule has 0 fully saturated rings. The Bertz CT molecular complexity index is 996. The first kappa shape index (κ1) is 19.5. The van der Waals surface area contributed by atoms with Gasteiger partial charge in [-0.1, -0.05) is 119 Å². The fraction of sp³-hybridized carbons (Fsp3) is 0.0400. The Morgan fingerprint density at radius 1 is 0.481 bits per heavy atom. The lowest BCUT2D eigenvalue weighted by Crippen LogP contribution is -1.95. The van der Waals surface area contributed by atoms with Gasteiger partial charge in [0.15, 0.2) is 0 Å². The van der Waals surface area contributed by atoms with Crippen LogP contribution in [0.5, 0.6) is 0 Å². The second-order valence-electron chi connectivity index (χ2n) is 6.25. The van der Waals surface area contributed by atoms with Crippen molar-refractivity contribution in [1.29, 1.82) is 0 Å². The van der Waals surface area contributed by atoms with Gasteiger partial charge in [0, 0.05) is 5.33 Å². The Morgan fingerprint density at radius 3 is 1.41 bits per heavy atom. The smallest absolute Gasteiger partial charge is 0.0289 e. The first-order valence-corrected chi connectivity index (χ1v) is 9.89. The largest absolute Gasteiger partial charge is 0.153 e. The van der Waals surface area contributed by atoms with E-state index >= 15 is 0 Å². The SMILES string of the molecule is BrCc1ccc(-c2ccccc2)c(-c2ccccc2)c1-c1ccccc1.P. The molecule has 1 atom stereocenters. The van der Waals surface area contributed by atoms with Crippen LogP contribution in [0.25, 0.3) is 33.4 Å². The number of halogens is 1. The third-order valence-electron chi connectivity index (χ3n) is 4.65. The van der Waals surface area contributed by atoms with Gasteiger partial charge in [-0.25, -0.2) is 0 Å². The Kier molecular flexibility index (Phi) is 6.61. The van der Waals surface area contributed by atoms with Crippen LogP contribution < -0.4 is 0 Å². The van der Waals surface area contributed by atoms with Crippen LogP contribution in [0.2, 0.25) is 0 Å². The van der Waals surface area contributed by atoms with Crippen molar-refractivity contribution in [3.63, 3.8) is 0 Å². The van der Waals surface area contributed by atoms with Crippen LogP contribution in [0.1, 0.15) is 5.56 Å². The van der Waals surface area contributed by atoms with E-state index in [0.717, 1.165) is 5.33 Å². The molecule has 4 aromatic rings. The van der Waals surface area contributed by atoms with Gasteiger partial charge in [0.05, 0.1) is 0 Å². The van der Waals surface area contributed by atoms with Gasteiger partial charge in [0.1, 0.15) is 0 Å². The highest BCUT2D eigenvalue weighted by Gasteiger charge is 2.17. The minimum absolute atomic E-state index is 0. The third-order valence-corrected chi connectivity index (χ3v) is 5.25. The predicted molar refractivity (Wildman–Crippen MR) is 126 cm³/mol. The van der Waals surface area contributed by atoms with Gasteiger partial charge < -0.3 is 0 Å². The van der Waals surface area contributed by atoms with Crippen molar-refractivity contribution in [2.24, 2.45) is 0 Å². The minimum atomic E-state index is 0. The summed E-state index contributed by atoms with van der Waals surface area (Å²) in [5.74, 6) is 0. The Balaban J connectivity index is 0.00000210. The number of alkyl halides is 1. The molecule has 0 amide bonds. The van der Waals surface area contributed by atoms with E-state index in [9.17, 15) is 0 Å². The fourth-order valence-electron chi connectivity index (χ4n) is 3.45. The fourth-order valence-corrected chi connectivity index (χ4v) is 3.92. The molecule has 0 saturated heterocycles. The summed E-state index contributed by atoms with van der Waals surface area (Å²) in [7, 11) is 0. The van der Waals surface area contributed by atoms with E-state index < -0.39 is 0 Å². The lowest BCUT2D eigenvalue weighted by atomic mass is 9.85. The Labute approximate surface area is 173 Å². The molecule has 27 heavy (non-hydrogen) atoms. The maximum atomic E-state index is 3.69. The molecule has 4 aromatic carbocycles. The molecule has 0 heterocycles. The number of benzene rings is 4. The van der Waals surface area contributed by atoms with Gasteiger partial charge in [0.2, 0.25) is 0 Å². The molecular formula is C25H22BrP. The van der Waals surface area contributed by atoms with Gasteiger partial charge in [-0.15, -0.1) is 0 Å². The molecule has 0 radical (unpaired) electrons. The molecule has 4 rings (SSSR count). The summed E-state index contributed by atoms with van der Waals surface area (Å²) in [5.41, 5.74) is 8.89. The molecule has 0 aliphatic carbocycles. The van der Waals surface area contributed by atoms with Crippen molar-refractivity contribution in [3.8, 4) is 33.4 Å². The average Bonchev–Trinajstić information content (AvgIpc) is 2.74. The number of rotatable bonds is 4. The summed E-state index contributed by atoms with van der Waals surface area (Å²) in [6, 6.07) is 36.5. The second kappa shape index (κ2) is 9.13. The zero-order chi connectivity index (χ0) is 17.8. The summed E-state index contributed by atoms with van der Waals surface area (Å²) in [5, 5.41) is 0.826. The van der Waals surface area contributed by atoms with Crippen molar-refractivity contribution in [3.05, 3.63) is 109 Å². The Morgan fingerprint density at radius 2 is 0.926 bits per heavy atom. The van der Waals surface area contributed by atoms with Crippen molar-refractivity contribution < 1.29 is 0 Å². The monoisotopic (exact) mass is 432 g/mol. The van der Waals surface area contributed by atoms with Gasteiger partial charge in [-0.2, -0.15) is 9.90 Å². The van der Waals surface area contributed by atoms with E-state index in [4.69, 9.17) is 0 Å². The summed E-state index contributed by atoms with van der Waals surface area (Å²) in [6.07, 6.45) is 0. The van der Waals surface area contributed by atoms with Gasteiger partial charge >= 0.3 is 0 Å². The molecule has 2 heteroatoms. The van der Waals surface area contributed by atoms with Crippen LogP contribution in [0.3, 0.4) is 0 Å². The van der Waals surface area contributed by atoms with Crippen LogP contribution in [0.4, 0.5) is 0 Å². The van der Waals surface area contributed by atoms with Crippen LogP contribution in [0, 0.1) is 0 Å². The highest BCUT2D eigenvalue weighted by Crippen LogP contribution is 2.42. The lowest BCUT2D eigenvalue weighted by Gasteiger charge is -2.19. The van der Waals surface area contributed by atoms with Crippen LogP contribution in [0.15, 0.2) is 103 Å². The van der Waals surface area contributed by atoms with E-state index in [2.05, 4.69) is 119 Å². The van der Waals surface area contributed by atoms with Gasteiger partial charge in [-0.3, -0.25) is 0 Å². The van der Waals surface area contributed by atoms with E-state index in [0.29, 0.717) is 0 Å². The van der Waals surface area contributed by atoms with Crippen molar-refractivity contribution >= 4 is 25.8 Å². The van der Waals surface area contributed by atoms with E-state index in [1.165, 1.54) is 38.9 Å². The third kappa shape index (κ3) is 4.05. The zero-order valence-electron chi connectivity index (χ0n) is 15.1. The quantitative estimate of drug-likeness (QED) is 0.229. The topological polar surface area (TPSA) is 0 Å². The minimum Gasteiger partial charge on any atom is -0.153 e. The van der Waals surface area contributed by atoms with Gasteiger partial charge in [-0.05, 0) is 38.9 Å². The van der Waals surface area contributed by atoms with Crippen LogP contribution in [-0.4, -0.2) is 0 Å². The molecule has 0 N–H and O–H groups in total. The molecule has 0 aliphatic heterocycles. The molecule has 0 spiro atoms. The first-order valence-electron chi connectivity index (χ1n) is 8.76. The van der Waals surface area contributed by atoms with Crippen molar-refractivity contribution in [2.75, 3.05) is 0 Å². The molecule has 1 unspecified atom stereocenters. The van der Waals surface area contributed by atoms with Crippen LogP contribution in [-0.2, 0) is 5.33 Å². The molecule has 0 nitrogen and oxygen atoms in total.